The Morgan fingerprint density at radius 1 is 1.25 bits per heavy atom. The molecule has 20 heavy (non-hydrogen) atoms. The van der Waals surface area contributed by atoms with Crippen LogP contribution < -0.4 is 15.2 Å². The van der Waals surface area contributed by atoms with Crippen LogP contribution in [0.25, 0.3) is 0 Å². The predicted octanol–water partition coefficient (Wildman–Crippen LogP) is 1.92. The van der Waals surface area contributed by atoms with Crippen LogP contribution in [-0.4, -0.2) is 31.8 Å². The molecule has 0 amide bonds. The molecule has 5 nitrogen and oxygen atoms in total. The van der Waals surface area contributed by atoms with Crippen LogP contribution in [0.1, 0.15) is 26.3 Å². The summed E-state index contributed by atoms with van der Waals surface area (Å²) < 4.78 is 16.0. The summed E-state index contributed by atoms with van der Waals surface area (Å²) in [6, 6.07) is 5.49. The van der Waals surface area contributed by atoms with Crippen LogP contribution in [0.5, 0.6) is 11.5 Å². The lowest BCUT2D eigenvalue weighted by Crippen LogP contribution is -2.39. The van der Waals surface area contributed by atoms with Gasteiger partial charge in [0.05, 0.1) is 13.7 Å². The standard InChI is InChI=1S/C15H23NO4/c1-5-19-14(17)15(2,3)20-13-9-11(6-7-16)8-12(10-13)18-4/h8-10H,5-7,16H2,1-4H3. The zero-order chi connectivity index (χ0) is 15.2. The molecule has 0 fully saturated rings. The lowest BCUT2D eigenvalue weighted by atomic mass is 10.1. The summed E-state index contributed by atoms with van der Waals surface area (Å²) in [4.78, 5) is 11.8. The Labute approximate surface area is 120 Å². The van der Waals surface area contributed by atoms with Crippen LogP contribution in [0.4, 0.5) is 0 Å². The van der Waals surface area contributed by atoms with Crippen LogP contribution in [0.2, 0.25) is 0 Å². The van der Waals surface area contributed by atoms with E-state index >= 15 is 0 Å². The number of carbonyl (C=O) groups is 1. The van der Waals surface area contributed by atoms with Crippen molar-refractivity contribution in [2.24, 2.45) is 5.73 Å². The van der Waals surface area contributed by atoms with Crippen LogP contribution in [0, 0.1) is 0 Å². The fourth-order valence-electron chi connectivity index (χ4n) is 1.76. The van der Waals surface area contributed by atoms with E-state index < -0.39 is 11.6 Å². The van der Waals surface area contributed by atoms with Gasteiger partial charge in [0.1, 0.15) is 11.5 Å². The van der Waals surface area contributed by atoms with Gasteiger partial charge in [0.25, 0.3) is 0 Å². The van der Waals surface area contributed by atoms with Crippen molar-refractivity contribution in [3.8, 4) is 11.5 Å². The molecule has 1 aromatic rings. The second kappa shape index (κ2) is 7.14. The Morgan fingerprint density at radius 2 is 1.90 bits per heavy atom. The molecule has 0 spiro atoms. The SMILES string of the molecule is CCOC(=O)C(C)(C)Oc1cc(CCN)cc(OC)c1. The van der Waals surface area contributed by atoms with Gasteiger partial charge in [-0.1, -0.05) is 0 Å². The zero-order valence-corrected chi connectivity index (χ0v) is 12.6. The molecule has 1 rings (SSSR count). The van der Waals surface area contributed by atoms with Gasteiger partial charge in [-0.25, -0.2) is 4.79 Å². The second-order valence-electron chi connectivity index (χ2n) is 4.89. The summed E-state index contributed by atoms with van der Waals surface area (Å²) in [5.41, 5.74) is 5.51. The van der Waals surface area contributed by atoms with E-state index in [0.717, 1.165) is 5.56 Å². The first-order valence-electron chi connectivity index (χ1n) is 6.67. The first kappa shape index (κ1) is 16.3. The molecule has 0 aliphatic heterocycles. The number of hydrogen-bond donors (Lipinski definition) is 1. The Hall–Kier alpha value is -1.75. The summed E-state index contributed by atoms with van der Waals surface area (Å²) in [5, 5.41) is 0. The highest BCUT2D eigenvalue weighted by Crippen LogP contribution is 2.26. The molecule has 0 unspecified atom stereocenters. The average molecular weight is 281 g/mol. The van der Waals surface area contributed by atoms with Crippen molar-refractivity contribution in [1.29, 1.82) is 0 Å². The minimum absolute atomic E-state index is 0.322. The lowest BCUT2D eigenvalue weighted by Gasteiger charge is -2.24. The summed E-state index contributed by atoms with van der Waals surface area (Å²) in [5.74, 6) is 0.833. The van der Waals surface area contributed by atoms with Crippen molar-refractivity contribution in [2.75, 3.05) is 20.3 Å². The molecular weight excluding hydrogens is 258 g/mol. The van der Waals surface area contributed by atoms with Crippen LogP contribution in [-0.2, 0) is 16.0 Å². The number of esters is 1. The summed E-state index contributed by atoms with van der Waals surface area (Å²) in [6.07, 6.45) is 0.716. The molecule has 0 saturated heterocycles. The molecular formula is C15H23NO4. The molecule has 5 heteroatoms. The largest absolute Gasteiger partial charge is 0.497 e. The van der Waals surface area contributed by atoms with Crippen molar-refractivity contribution in [1.82, 2.24) is 0 Å². The zero-order valence-electron chi connectivity index (χ0n) is 12.6. The van der Waals surface area contributed by atoms with Gasteiger partial charge in [0.2, 0.25) is 0 Å². The minimum Gasteiger partial charge on any atom is -0.497 e. The van der Waals surface area contributed by atoms with Gasteiger partial charge >= 0.3 is 5.97 Å². The maximum absolute atomic E-state index is 11.8. The van der Waals surface area contributed by atoms with Gasteiger partial charge in [-0.05, 0) is 51.4 Å². The smallest absolute Gasteiger partial charge is 0.349 e. The lowest BCUT2D eigenvalue weighted by molar-refractivity contribution is -0.158. The number of rotatable bonds is 7. The third kappa shape index (κ3) is 4.42. The molecule has 0 saturated carbocycles. The van der Waals surface area contributed by atoms with E-state index in [1.54, 1.807) is 33.9 Å². The van der Waals surface area contributed by atoms with Crippen molar-refractivity contribution in [3.05, 3.63) is 23.8 Å². The van der Waals surface area contributed by atoms with Crippen molar-refractivity contribution in [2.45, 2.75) is 32.8 Å². The number of ether oxygens (including phenoxy) is 3. The Kier molecular flexibility index (Phi) is 5.82. The molecule has 0 radical (unpaired) electrons. The highest BCUT2D eigenvalue weighted by molar-refractivity contribution is 5.79. The van der Waals surface area contributed by atoms with E-state index in [9.17, 15) is 4.79 Å². The van der Waals surface area contributed by atoms with Crippen molar-refractivity contribution in [3.63, 3.8) is 0 Å². The van der Waals surface area contributed by atoms with E-state index in [1.165, 1.54) is 0 Å². The fourth-order valence-corrected chi connectivity index (χ4v) is 1.76. The molecule has 1 aromatic carbocycles. The van der Waals surface area contributed by atoms with E-state index in [4.69, 9.17) is 19.9 Å². The third-order valence-corrected chi connectivity index (χ3v) is 2.75. The third-order valence-electron chi connectivity index (χ3n) is 2.75. The topological polar surface area (TPSA) is 70.8 Å². The Bertz CT molecular complexity index is 457. The highest BCUT2D eigenvalue weighted by Gasteiger charge is 2.31. The molecule has 0 bridgehead atoms. The van der Waals surface area contributed by atoms with Gasteiger partial charge in [-0.2, -0.15) is 0 Å². The first-order chi connectivity index (χ1) is 9.42. The van der Waals surface area contributed by atoms with Gasteiger partial charge in [0.15, 0.2) is 5.60 Å². The van der Waals surface area contributed by atoms with Crippen molar-refractivity contribution < 1.29 is 19.0 Å². The van der Waals surface area contributed by atoms with Crippen LogP contribution in [0.15, 0.2) is 18.2 Å². The average Bonchev–Trinajstić information content (AvgIpc) is 2.38. The number of nitrogens with two attached hydrogens (primary N) is 1. The predicted molar refractivity (Wildman–Crippen MR) is 77.1 cm³/mol. The van der Waals surface area contributed by atoms with Gasteiger partial charge < -0.3 is 19.9 Å². The number of benzene rings is 1. The maximum Gasteiger partial charge on any atom is 0.349 e. The molecule has 0 aromatic heterocycles. The summed E-state index contributed by atoms with van der Waals surface area (Å²) in [7, 11) is 1.59. The quantitative estimate of drug-likeness (QED) is 0.773. The minimum atomic E-state index is -1.05. The van der Waals surface area contributed by atoms with E-state index in [2.05, 4.69) is 0 Å². The monoisotopic (exact) mass is 281 g/mol. The van der Waals surface area contributed by atoms with E-state index in [1.807, 2.05) is 12.1 Å². The van der Waals surface area contributed by atoms with Gasteiger partial charge in [-0.3, -0.25) is 0 Å². The molecule has 0 aliphatic carbocycles. The van der Waals surface area contributed by atoms with Crippen molar-refractivity contribution >= 4 is 5.97 Å². The van der Waals surface area contributed by atoms with Gasteiger partial charge in [0, 0.05) is 6.07 Å². The molecule has 0 atom stereocenters. The number of carbonyl (C=O) groups excluding carboxylic acids is 1. The molecule has 0 aliphatic rings. The van der Waals surface area contributed by atoms with Gasteiger partial charge in [-0.15, -0.1) is 0 Å². The second-order valence-corrected chi connectivity index (χ2v) is 4.89. The Morgan fingerprint density at radius 3 is 2.45 bits per heavy atom. The molecule has 112 valence electrons. The Balaban J connectivity index is 2.95. The summed E-state index contributed by atoms with van der Waals surface area (Å²) in [6.45, 7) is 5.97. The first-order valence-corrected chi connectivity index (χ1v) is 6.67. The van der Waals surface area contributed by atoms with Crippen LogP contribution in [0.3, 0.4) is 0 Å². The normalized spacial score (nSPS) is 11.1. The number of hydrogen-bond acceptors (Lipinski definition) is 5. The van der Waals surface area contributed by atoms with Crippen LogP contribution >= 0.6 is 0 Å². The van der Waals surface area contributed by atoms with E-state index in [0.29, 0.717) is 31.1 Å². The number of methoxy groups -OCH3 is 1. The van der Waals surface area contributed by atoms with E-state index in [-0.39, 0.29) is 0 Å². The highest BCUT2D eigenvalue weighted by atomic mass is 16.6. The molecule has 0 heterocycles. The molecule has 2 N–H and O–H groups in total. The summed E-state index contributed by atoms with van der Waals surface area (Å²) >= 11 is 0. The maximum atomic E-state index is 11.8. The fraction of sp³-hybridized carbons (Fsp3) is 0.533.